The van der Waals surface area contributed by atoms with Crippen LogP contribution in [0.15, 0.2) is 30.3 Å². The molecular formula is C28H40ClN5O2. The molecular weight excluding hydrogens is 474 g/mol. The minimum Gasteiger partial charge on any atom is -0.493 e. The van der Waals surface area contributed by atoms with Crippen LogP contribution in [0.25, 0.3) is 10.9 Å². The molecule has 1 atom stereocenters. The number of methoxy groups -OCH3 is 2. The lowest BCUT2D eigenvalue weighted by atomic mass is 10.1. The van der Waals surface area contributed by atoms with Crippen molar-refractivity contribution in [1.29, 1.82) is 0 Å². The summed E-state index contributed by atoms with van der Waals surface area (Å²) < 4.78 is 13.4. The Morgan fingerprint density at radius 2 is 1.75 bits per heavy atom. The Balaban J connectivity index is 1.51. The second-order valence-corrected chi connectivity index (χ2v) is 9.87. The Bertz CT molecular complexity index is 1160. The molecule has 1 fully saturated rings. The molecule has 0 aliphatic carbocycles. The number of aromatic nitrogens is 2. The third-order valence-electron chi connectivity index (χ3n) is 7.24. The fourth-order valence-corrected chi connectivity index (χ4v) is 5.26. The van der Waals surface area contributed by atoms with Gasteiger partial charge in [0.25, 0.3) is 0 Å². The lowest BCUT2D eigenvalue weighted by molar-refractivity contribution is 0.245. The van der Waals surface area contributed by atoms with Gasteiger partial charge in [-0.2, -0.15) is 5.10 Å². The molecule has 3 aromatic rings. The molecule has 7 nitrogen and oxygen atoms in total. The molecule has 1 saturated heterocycles. The van der Waals surface area contributed by atoms with Crippen LogP contribution >= 0.6 is 11.6 Å². The van der Waals surface area contributed by atoms with Gasteiger partial charge in [-0.05, 0) is 50.1 Å². The first kappa shape index (κ1) is 26.6. The van der Waals surface area contributed by atoms with Gasteiger partial charge in [-0.1, -0.05) is 31.5 Å². The van der Waals surface area contributed by atoms with Crippen molar-refractivity contribution in [3.63, 3.8) is 0 Å². The Morgan fingerprint density at radius 3 is 2.42 bits per heavy atom. The van der Waals surface area contributed by atoms with E-state index in [1.807, 2.05) is 12.1 Å². The molecule has 1 unspecified atom stereocenters. The van der Waals surface area contributed by atoms with Crippen molar-refractivity contribution < 1.29 is 9.47 Å². The van der Waals surface area contributed by atoms with E-state index in [0.717, 1.165) is 97.3 Å². The molecule has 0 bridgehead atoms. The number of rotatable bonds is 11. The van der Waals surface area contributed by atoms with Crippen LogP contribution in [0.5, 0.6) is 11.5 Å². The van der Waals surface area contributed by atoms with Crippen LogP contribution in [-0.2, 0) is 6.54 Å². The molecule has 1 aliphatic rings. The van der Waals surface area contributed by atoms with Gasteiger partial charge in [-0.15, -0.1) is 0 Å². The monoisotopic (exact) mass is 513 g/mol. The third-order valence-corrected chi connectivity index (χ3v) is 7.65. The number of halogens is 1. The van der Waals surface area contributed by atoms with Crippen molar-refractivity contribution in [3.05, 3.63) is 46.6 Å². The third kappa shape index (κ3) is 5.58. The van der Waals surface area contributed by atoms with Crippen LogP contribution in [0.1, 0.15) is 44.0 Å². The van der Waals surface area contributed by atoms with E-state index in [9.17, 15) is 0 Å². The second kappa shape index (κ2) is 12.2. The van der Waals surface area contributed by atoms with E-state index in [4.69, 9.17) is 26.2 Å². The largest absolute Gasteiger partial charge is 0.493 e. The fraction of sp³-hybridized carbons (Fsp3) is 0.536. The number of piperazine rings is 1. The van der Waals surface area contributed by atoms with Crippen molar-refractivity contribution in [3.8, 4) is 11.5 Å². The summed E-state index contributed by atoms with van der Waals surface area (Å²) in [4.78, 5) is 4.97. The number of hydrogen-bond donors (Lipinski definition) is 1. The highest BCUT2D eigenvalue weighted by atomic mass is 35.5. The van der Waals surface area contributed by atoms with Gasteiger partial charge in [0.2, 0.25) is 0 Å². The van der Waals surface area contributed by atoms with Gasteiger partial charge in [-0.25, -0.2) is 0 Å². The molecule has 1 aliphatic heterocycles. The zero-order valence-electron chi connectivity index (χ0n) is 22.3. The highest BCUT2D eigenvalue weighted by Crippen LogP contribution is 2.36. The summed E-state index contributed by atoms with van der Waals surface area (Å²) in [5.74, 6) is 1.47. The molecule has 2 heterocycles. The predicted molar refractivity (Wildman–Crippen MR) is 149 cm³/mol. The summed E-state index contributed by atoms with van der Waals surface area (Å²) in [5, 5.41) is 10.8. The normalized spacial score (nSPS) is 15.4. The summed E-state index contributed by atoms with van der Waals surface area (Å²) in [5.41, 5.74) is 4.58. The summed E-state index contributed by atoms with van der Waals surface area (Å²) in [7, 11) is 3.37. The van der Waals surface area contributed by atoms with Crippen LogP contribution in [0.2, 0.25) is 5.02 Å². The minimum absolute atomic E-state index is 0.205. The van der Waals surface area contributed by atoms with E-state index in [2.05, 4.69) is 58.8 Å². The fourth-order valence-electron chi connectivity index (χ4n) is 5.09. The second-order valence-electron chi connectivity index (χ2n) is 9.46. The Kier molecular flexibility index (Phi) is 8.99. The van der Waals surface area contributed by atoms with Gasteiger partial charge < -0.3 is 19.7 Å². The van der Waals surface area contributed by atoms with E-state index in [-0.39, 0.29) is 6.04 Å². The molecule has 0 saturated carbocycles. The first-order valence-corrected chi connectivity index (χ1v) is 13.5. The molecule has 196 valence electrons. The van der Waals surface area contributed by atoms with E-state index >= 15 is 0 Å². The first-order valence-electron chi connectivity index (χ1n) is 13.1. The molecule has 0 radical (unpaired) electrons. The number of hydrogen-bond acceptors (Lipinski definition) is 6. The maximum absolute atomic E-state index is 6.36. The summed E-state index contributed by atoms with van der Waals surface area (Å²) in [6, 6.07) is 10.5. The van der Waals surface area contributed by atoms with Gasteiger partial charge in [0.05, 0.1) is 38.0 Å². The van der Waals surface area contributed by atoms with Crippen LogP contribution in [0.3, 0.4) is 0 Å². The average molecular weight is 514 g/mol. The molecule has 1 N–H and O–H groups in total. The highest BCUT2D eigenvalue weighted by Gasteiger charge is 2.23. The lowest BCUT2D eigenvalue weighted by Crippen LogP contribution is -2.47. The molecule has 0 amide bonds. The van der Waals surface area contributed by atoms with Crippen LogP contribution < -0.4 is 19.7 Å². The maximum atomic E-state index is 6.36. The average Bonchev–Trinajstić information content (AvgIpc) is 3.26. The van der Waals surface area contributed by atoms with Crippen molar-refractivity contribution >= 4 is 28.2 Å². The number of benzene rings is 2. The van der Waals surface area contributed by atoms with Crippen LogP contribution in [0, 0.1) is 6.92 Å². The molecule has 1 aromatic heterocycles. The van der Waals surface area contributed by atoms with E-state index in [1.165, 1.54) is 5.69 Å². The topological polar surface area (TPSA) is 54.8 Å². The van der Waals surface area contributed by atoms with Crippen molar-refractivity contribution in [2.45, 2.75) is 46.2 Å². The van der Waals surface area contributed by atoms with E-state index in [0.29, 0.717) is 0 Å². The number of anilines is 1. The summed E-state index contributed by atoms with van der Waals surface area (Å²) in [6.45, 7) is 13.3. The van der Waals surface area contributed by atoms with Gasteiger partial charge in [0.1, 0.15) is 0 Å². The number of nitrogens with zero attached hydrogens (tertiary/aromatic N) is 4. The molecule has 8 heteroatoms. The zero-order chi connectivity index (χ0) is 25.7. The SMILES string of the molecule is CCCNC(CC)c1nn(CCN2CCN(c3cccc(Cl)c3C)CC2)c2cc(OC)c(OC)cc12. The Morgan fingerprint density at radius 1 is 1.03 bits per heavy atom. The van der Waals surface area contributed by atoms with Crippen molar-refractivity contribution in [1.82, 2.24) is 20.0 Å². The number of nitrogens with one attached hydrogen (secondary N) is 1. The summed E-state index contributed by atoms with van der Waals surface area (Å²) in [6.07, 6.45) is 2.07. The molecule has 4 rings (SSSR count). The Labute approximate surface area is 220 Å². The van der Waals surface area contributed by atoms with Crippen molar-refractivity contribution in [2.24, 2.45) is 0 Å². The van der Waals surface area contributed by atoms with Crippen LogP contribution in [-0.4, -0.2) is 68.2 Å². The minimum atomic E-state index is 0.205. The lowest BCUT2D eigenvalue weighted by Gasteiger charge is -2.37. The van der Waals surface area contributed by atoms with E-state index in [1.54, 1.807) is 14.2 Å². The predicted octanol–water partition coefficient (Wildman–Crippen LogP) is 5.29. The molecule has 36 heavy (non-hydrogen) atoms. The van der Waals surface area contributed by atoms with Gasteiger partial charge in [0, 0.05) is 54.9 Å². The Hall–Kier alpha value is -2.48. The smallest absolute Gasteiger partial charge is 0.162 e. The van der Waals surface area contributed by atoms with Gasteiger partial charge in [-0.3, -0.25) is 9.58 Å². The maximum Gasteiger partial charge on any atom is 0.162 e. The van der Waals surface area contributed by atoms with Gasteiger partial charge >= 0.3 is 0 Å². The molecule has 2 aromatic carbocycles. The van der Waals surface area contributed by atoms with Crippen LogP contribution in [0.4, 0.5) is 5.69 Å². The van der Waals surface area contributed by atoms with Gasteiger partial charge in [0.15, 0.2) is 11.5 Å². The zero-order valence-corrected chi connectivity index (χ0v) is 23.1. The quantitative estimate of drug-likeness (QED) is 0.376. The van der Waals surface area contributed by atoms with Crippen molar-refractivity contribution in [2.75, 3.05) is 58.4 Å². The standard InChI is InChI=1S/C28H40ClN5O2/c1-6-11-30-23(7-2)28-21-18-26(35-4)27(36-5)19-25(21)34(31-28)17-14-32-12-15-33(16-13-32)24-10-8-9-22(29)20(24)3/h8-10,18-19,23,30H,6-7,11-17H2,1-5H3. The number of ether oxygens (including phenoxy) is 2. The highest BCUT2D eigenvalue weighted by molar-refractivity contribution is 6.31. The molecule has 0 spiro atoms. The van der Waals surface area contributed by atoms with E-state index < -0.39 is 0 Å². The first-order chi connectivity index (χ1) is 17.5. The number of fused-ring (bicyclic) bond motifs is 1. The summed E-state index contributed by atoms with van der Waals surface area (Å²) >= 11 is 6.36.